The molecule has 12 aromatic rings. The molecule has 588 valence electrons. The molecule has 0 saturated heterocycles. The number of rotatable bonds is 12. The second-order valence-corrected chi connectivity index (χ2v) is 25.2. The Morgan fingerprint density at radius 1 is 0.352 bits per heavy atom. The van der Waals surface area contributed by atoms with Crippen LogP contribution in [-0.2, 0) is 90.4 Å². The number of alkyl halides is 3. The number of hydrogen-bond donors (Lipinski definition) is 8. The molecule has 0 aliphatic carbocycles. The van der Waals surface area contributed by atoms with Crippen LogP contribution >= 0.6 is 11.6 Å². The van der Waals surface area contributed by atoms with E-state index < -0.39 is 11.7 Å². The quantitative estimate of drug-likeness (QED) is 0.0417. The second kappa shape index (κ2) is 50.0. The minimum atomic E-state index is -4.36. The number of fused-ring (bicyclic) bond motifs is 4. The molecule has 0 aliphatic rings. The molecule has 8 atom stereocenters. The Labute approximate surface area is 691 Å². The summed E-state index contributed by atoms with van der Waals surface area (Å²) in [6, 6.07) is 63.0. The Hall–Kier alpha value is -6.95. The van der Waals surface area contributed by atoms with Crippen LogP contribution in [0.2, 0.25) is 5.02 Å². The standard InChI is InChI=1S/C16H10F3N2.C16H10N3.C15H10ClN2.C15H10FN2.4C5H12O2.4Pt/c1-10-15(21-14-5-3-2-4-13(14)20-10)11-6-8-12(9-7-11)16(17,18)19;1-11-16(13-8-6-12(10-17)7-9-13)19-15-5-3-2-4-14(15)18-11;2*1-10-15(11-6-8-12(16)9-7-11)18-14-5-3-2-4-13(14)17-10;4*1-4(6)3-5(2)7;;;;/h2-6,8-9H,1H3;2-8H,1H3;2*2-6,8-9H,1H3;4*4-7H,3H2,1-2H3;;;;/q4*-1;;;;;;;;. The number of benzene rings is 8. The maximum Gasteiger partial charge on any atom is 0.381 e. The van der Waals surface area contributed by atoms with Gasteiger partial charge in [0, 0.05) is 142 Å². The number of hydrogen-bond acceptors (Lipinski definition) is 17. The van der Waals surface area contributed by atoms with E-state index in [4.69, 9.17) is 57.7 Å². The Morgan fingerprint density at radius 3 is 0.787 bits per heavy atom. The number of nitrogens with zero attached hydrogens (tertiary/aromatic N) is 9. The minimum Gasteiger partial charge on any atom is -0.393 e. The molecule has 0 amide bonds. The summed E-state index contributed by atoms with van der Waals surface area (Å²) in [5, 5.41) is 78.0. The maximum absolute atomic E-state index is 12.9. The first kappa shape index (κ1) is 99.1. The van der Waals surface area contributed by atoms with E-state index in [2.05, 4.69) is 70.2 Å². The summed E-state index contributed by atoms with van der Waals surface area (Å²) < 4.78 is 50.6. The van der Waals surface area contributed by atoms with Gasteiger partial charge in [0.2, 0.25) is 0 Å². The number of nitriles is 1. The molecule has 0 spiro atoms. The third kappa shape index (κ3) is 35.0. The fourth-order valence-electron chi connectivity index (χ4n) is 9.84. The first-order chi connectivity index (χ1) is 49.2. The normalized spacial score (nSPS) is 12.6. The molecule has 8 N–H and O–H groups in total. The van der Waals surface area contributed by atoms with Crippen molar-refractivity contribution in [3.8, 4) is 51.1 Å². The van der Waals surface area contributed by atoms with Gasteiger partial charge >= 0.3 is 6.18 Å². The Bertz CT molecular complexity index is 4440. The number of para-hydroxylation sites is 8. The molecule has 4 heterocycles. The number of aliphatic hydroxyl groups is 8. The van der Waals surface area contributed by atoms with Crippen LogP contribution in [0.4, 0.5) is 17.6 Å². The molecule has 8 unspecified atom stereocenters. The van der Waals surface area contributed by atoms with Crippen LogP contribution in [-0.4, -0.2) is 130 Å². The Morgan fingerprint density at radius 2 is 0.593 bits per heavy atom. The summed E-state index contributed by atoms with van der Waals surface area (Å²) in [6.45, 7) is 20.8. The van der Waals surface area contributed by atoms with Crippen molar-refractivity contribution >= 4 is 55.7 Å². The van der Waals surface area contributed by atoms with Gasteiger partial charge in [-0.25, -0.2) is 5.26 Å². The summed E-state index contributed by atoms with van der Waals surface area (Å²) in [5.41, 5.74) is 15.8. The van der Waals surface area contributed by atoms with Crippen LogP contribution in [0.5, 0.6) is 0 Å². The van der Waals surface area contributed by atoms with E-state index in [9.17, 15) is 17.6 Å². The zero-order valence-electron chi connectivity index (χ0n) is 61.4. The molecule has 17 nitrogen and oxygen atoms in total. The number of aliphatic hydroxyl groups excluding tert-OH is 8. The van der Waals surface area contributed by atoms with E-state index in [1.165, 1.54) is 18.2 Å². The molecule has 0 fully saturated rings. The van der Waals surface area contributed by atoms with Crippen molar-refractivity contribution in [1.29, 1.82) is 5.26 Å². The van der Waals surface area contributed by atoms with Crippen molar-refractivity contribution in [2.45, 2.75) is 164 Å². The minimum absolute atomic E-state index is 0. The van der Waals surface area contributed by atoms with Gasteiger partial charge in [-0.05, 0) is 173 Å². The van der Waals surface area contributed by atoms with Crippen molar-refractivity contribution in [3.63, 3.8) is 0 Å². The summed E-state index contributed by atoms with van der Waals surface area (Å²) in [4.78, 5) is 36.3. The number of aromatic nitrogens is 8. The average Bonchev–Trinajstić information content (AvgIpc) is 0.822. The van der Waals surface area contributed by atoms with Crippen LogP contribution < -0.4 is 0 Å². The molecule has 0 aliphatic heterocycles. The van der Waals surface area contributed by atoms with Gasteiger partial charge < -0.3 is 40.9 Å². The molecule has 0 bridgehead atoms. The largest absolute Gasteiger partial charge is 0.393 e. The van der Waals surface area contributed by atoms with Crippen LogP contribution in [0, 0.1) is 69.1 Å². The summed E-state index contributed by atoms with van der Waals surface area (Å²) in [7, 11) is 0. The van der Waals surface area contributed by atoms with Gasteiger partial charge in [0.05, 0.1) is 93.0 Å². The first-order valence-corrected chi connectivity index (χ1v) is 33.8. The Balaban J connectivity index is 0.000000638. The maximum atomic E-state index is 12.9. The molecule has 26 heteroatoms. The van der Waals surface area contributed by atoms with Crippen molar-refractivity contribution in [2.75, 3.05) is 0 Å². The van der Waals surface area contributed by atoms with Gasteiger partial charge in [-0.1, -0.05) is 48.5 Å². The summed E-state index contributed by atoms with van der Waals surface area (Å²) in [6.07, 6.45) is -5.47. The van der Waals surface area contributed by atoms with Gasteiger partial charge in [0.1, 0.15) is 0 Å². The smallest absolute Gasteiger partial charge is 0.381 e. The van der Waals surface area contributed by atoms with Gasteiger partial charge in [0.15, 0.2) is 0 Å². The van der Waals surface area contributed by atoms with Crippen molar-refractivity contribution < 1.29 is 143 Å². The van der Waals surface area contributed by atoms with Gasteiger partial charge in [-0.15, -0.1) is 131 Å². The van der Waals surface area contributed by atoms with E-state index in [-0.39, 0.29) is 139 Å². The van der Waals surface area contributed by atoms with E-state index in [0.717, 1.165) is 102 Å². The monoisotopic (exact) mass is 2220 g/mol. The molecule has 0 saturated carbocycles. The first-order valence-electron chi connectivity index (χ1n) is 33.5. The molecular weight excluding hydrogens is 2130 g/mol. The molecule has 0 radical (unpaired) electrons. The van der Waals surface area contributed by atoms with Crippen LogP contribution in [0.1, 0.15) is 115 Å². The van der Waals surface area contributed by atoms with Crippen molar-refractivity contribution in [3.05, 3.63) is 239 Å². The van der Waals surface area contributed by atoms with Crippen LogP contribution in [0.3, 0.4) is 0 Å². The predicted molar refractivity (Wildman–Crippen MR) is 401 cm³/mol. The van der Waals surface area contributed by atoms with Crippen LogP contribution in [0.25, 0.3) is 89.2 Å². The molecular formula is C82H88ClF4N9O8Pt4-4. The average molecular weight is 2220 g/mol. The molecule has 12 rings (SSSR count). The summed E-state index contributed by atoms with van der Waals surface area (Å²) in [5.74, 6) is -0.301. The molecule has 108 heavy (non-hydrogen) atoms. The number of halogens is 5. The van der Waals surface area contributed by atoms with Crippen LogP contribution in [0.15, 0.2) is 170 Å². The van der Waals surface area contributed by atoms with Crippen molar-refractivity contribution in [2.24, 2.45) is 0 Å². The third-order valence-corrected chi connectivity index (χ3v) is 14.6. The van der Waals surface area contributed by atoms with Gasteiger partial charge in [-0.3, -0.25) is 44.3 Å². The fourth-order valence-corrected chi connectivity index (χ4v) is 9.96. The Kier molecular flexibility index (Phi) is 45.9. The molecule has 4 aromatic heterocycles. The van der Waals surface area contributed by atoms with Gasteiger partial charge in [-0.2, -0.15) is 13.2 Å². The zero-order chi connectivity index (χ0) is 76.8. The SMILES string of the molecule is CC(O)CC(C)O.CC(O)CC(C)O.CC(O)CC(C)O.CC(O)CC(C)O.Cc1nc2ccccc2nc1-c1[c-]cc(C#N)cc1.Cc1nc2ccccc2nc1-c1[c-]cc(C(F)(F)F)cc1.Cc1nc2ccccc2nc1-c1[c-]cc(Cl)cc1.Cc1nc2ccccc2nc1-c1[c-]cc(F)cc1.[Pt].[Pt].[Pt].[Pt]. The van der Waals surface area contributed by atoms with E-state index in [1.54, 1.807) is 86.6 Å². The third-order valence-electron chi connectivity index (χ3n) is 14.4. The van der Waals surface area contributed by atoms with Gasteiger partial charge in [0.25, 0.3) is 0 Å². The second-order valence-electron chi connectivity index (χ2n) is 24.8. The van der Waals surface area contributed by atoms with E-state index >= 15 is 0 Å². The molecule has 8 aromatic carbocycles. The topological polar surface area (TPSA) is 289 Å². The zero-order valence-corrected chi connectivity index (χ0v) is 71.2. The van der Waals surface area contributed by atoms with E-state index in [1.807, 2.05) is 136 Å². The fraction of sp³-hybridized carbons (Fsp3) is 0.305. The predicted octanol–water partition coefficient (Wildman–Crippen LogP) is 15.8. The number of aryl methyl sites for hydroxylation is 4. The van der Waals surface area contributed by atoms with Crippen molar-refractivity contribution in [1.82, 2.24) is 39.9 Å². The summed E-state index contributed by atoms with van der Waals surface area (Å²) >= 11 is 5.87. The van der Waals surface area contributed by atoms with E-state index in [0.29, 0.717) is 58.7 Å².